The average Bonchev–Trinajstić information content (AvgIpc) is 2.36. The van der Waals surface area contributed by atoms with Gasteiger partial charge in [0, 0.05) is 12.1 Å². The predicted molar refractivity (Wildman–Crippen MR) is 78.4 cm³/mol. The summed E-state index contributed by atoms with van der Waals surface area (Å²) in [7, 11) is 2.99. The van der Waals surface area contributed by atoms with Gasteiger partial charge in [-0.2, -0.15) is 0 Å². The predicted octanol–water partition coefficient (Wildman–Crippen LogP) is 2.05. The Balaban J connectivity index is 2.94. The molecule has 0 aromatic heterocycles. The number of hydrogen-bond donors (Lipinski definition) is 3. The van der Waals surface area contributed by atoms with Crippen molar-refractivity contribution >= 4 is 0 Å². The van der Waals surface area contributed by atoms with Crippen molar-refractivity contribution in [3.05, 3.63) is 17.7 Å². The van der Waals surface area contributed by atoms with E-state index in [1.54, 1.807) is 26.0 Å². The number of nitrogens with one attached hydrogen (secondary N) is 1. The monoisotopic (exact) mass is 283 g/mol. The lowest BCUT2D eigenvalue weighted by Crippen LogP contribution is -2.55. The molecule has 0 unspecified atom stereocenters. The molecule has 0 aliphatic heterocycles. The lowest BCUT2D eigenvalue weighted by molar-refractivity contribution is -0.00532. The average molecular weight is 283 g/mol. The molecule has 0 aliphatic rings. The van der Waals surface area contributed by atoms with Gasteiger partial charge in [-0.25, -0.2) is 0 Å². The maximum Gasteiger partial charge on any atom is 0.200 e. The van der Waals surface area contributed by atoms with E-state index in [-0.39, 0.29) is 5.75 Å². The van der Waals surface area contributed by atoms with Crippen LogP contribution in [0.25, 0.3) is 0 Å². The first-order valence-electron chi connectivity index (χ1n) is 6.53. The molecule has 0 fully saturated rings. The fraction of sp³-hybridized carbons (Fsp3) is 0.600. The van der Waals surface area contributed by atoms with Crippen LogP contribution in [0.5, 0.6) is 17.2 Å². The van der Waals surface area contributed by atoms with E-state index >= 15 is 0 Å². The van der Waals surface area contributed by atoms with E-state index in [9.17, 15) is 10.2 Å². The van der Waals surface area contributed by atoms with Crippen LogP contribution in [0.3, 0.4) is 0 Å². The third-order valence-corrected chi connectivity index (χ3v) is 3.80. The fourth-order valence-corrected chi connectivity index (χ4v) is 1.59. The molecule has 0 saturated carbocycles. The number of aliphatic hydroxyl groups is 1. The topological polar surface area (TPSA) is 71.0 Å². The van der Waals surface area contributed by atoms with E-state index in [1.165, 1.54) is 14.2 Å². The lowest BCUT2D eigenvalue weighted by atomic mass is 9.86. The van der Waals surface area contributed by atoms with Crippen LogP contribution in [0.15, 0.2) is 12.1 Å². The second-order valence-corrected chi connectivity index (χ2v) is 5.89. The first kappa shape index (κ1) is 16.6. The van der Waals surface area contributed by atoms with Crippen molar-refractivity contribution in [1.29, 1.82) is 0 Å². The second kappa shape index (κ2) is 5.89. The van der Waals surface area contributed by atoms with Gasteiger partial charge in [0.15, 0.2) is 11.5 Å². The summed E-state index contributed by atoms with van der Waals surface area (Å²) in [6.07, 6.45) is 0. The van der Waals surface area contributed by atoms with Crippen LogP contribution < -0.4 is 14.8 Å². The molecule has 0 bridgehead atoms. The van der Waals surface area contributed by atoms with Crippen LogP contribution in [0, 0.1) is 0 Å². The van der Waals surface area contributed by atoms with Gasteiger partial charge in [-0.3, -0.25) is 0 Å². The van der Waals surface area contributed by atoms with Crippen LogP contribution >= 0.6 is 0 Å². The Labute approximate surface area is 120 Å². The highest BCUT2D eigenvalue weighted by atomic mass is 16.5. The molecule has 0 saturated heterocycles. The Kier molecular flexibility index (Phi) is 4.89. The lowest BCUT2D eigenvalue weighted by Gasteiger charge is -2.38. The smallest absolute Gasteiger partial charge is 0.200 e. The molecule has 114 valence electrons. The van der Waals surface area contributed by atoms with Crippen molar-refractivity contribution < 1.29 is 19.7 Å². The highest BCUT2D eigenvalue weighted by molar-refractivity contribution is 5.52. The van der Waals surface area contributed by atoms with E-state index in [2.05, 4.69) is 5.32 Å². The molecule has 0 aliphatic carbocycles. The number of phenols is 1. The Hall–Kier alpha value is -1.46. The highest BCUT2D eigenvalue weighted by Gasteiger charge is 2.34. The summed E-state index contributed by atoms with van der Waals surface area (Å²) in [6.45, 7) is 7.91. The number of benzene rings is 1. The van der Waals surface area contributed by atoms with Gasteiger partial charge >= 0.3 is 0 Å². The minimum Gasteiger partial charge on any atom is -0.502 e. The molecule has 1 aromatic rings. The largest absolute Gasteiger partial charge is 0.502 e. The Morgan fingerprint density at radius 3 is 1.85 bits per heavy atom. The highest BCUT2D eigenvalue weighted by Crippen LogP contribution is 2.37. The molecule has 0 spiro atoms. The van der Waals surface area contributed by atoms with Gasteiger partial charge in [0.05, 0.1) is 19.8 Å². The van der Waals surface area contributed by atoms with Crippen molar-refractivity contribution in [3.8, 4) is 17.2 Å². The number of hydrogen-bond acceptors (Lipinski definition) is 5. The summed E-state index contributed by atoms with van der Waals surface area (Å²) in [5, 5.41) is 23.3. The molecule has 1 aromatic carbocycles. The van der Waals surface area contributed by atoms with Crippen LogP contribution in [-0.4, -0.2) is 35.6 Å². The molecule has 20 heavy (non-hydrogen) atoms. The van der Waals surface area contributed by atoms with Gasteiger partial charge in [0.2, 0.25) is 5.75 Å². The van der Waals surface area contributed by atoms with E-state index in [0.717, 1.165) is 5.56 Å². The van der Waals surface area contributed by atoms with Crippen molar-refractivity contribution in [2.75, 3.05) is 14.2 Å². The van der Waals surface area contributed by atoms with Crippen molar-refractivity contribution in [1.82, 2.24) is 5.32 Å². The second-order valence-electron chi connectivity index (χ2n) is 5.89. The summed E-state index contributed by atoms with van der Waals surface area (Å²) in [4.78, 5) is 0. The number of ether oxygens (including phenoxy) is 2. The van der Waals surface area contributed by atoms with Gasteiger partial charge in [0.25, 0.3) is 0 Å². The van der Waals surface area contributed by atoms with Crippen LogP contribution in [0.2, 0.25) is 0 Å². The standard InChI is InChI=1S/C15H25NO4/c1-14(2,15(3,4)18)16-9-10-7-11(19-5)13(17)12(8-10)20-6/h7-8,16-18H,9H2,1-6H3. The zero-order valence-electron chi connectivity index (χ0n) is 13.1. The van der Waals surface area contributed by atoms with E-state index in [4.69, 9.17) is 9.47 Å². The molecule has 0 heterocycles. The number of aromatic hydroxyl groups is 1. The summed E-state index contributed by atoms with van der Waals surface area (Å²) in [5.41, 5.74) is -0.433. The van der Waals surface area contributed by atoms with E-state index in [0.29, 0.717) is 18.0 Å². The summed E-state index contributed by atoms with van der Waals surface area (Å²) in [5.74, 6) is 0.713. The SMILES string of the molecule is COc1cc(CNC(C)(C)C(C)(C)O)cc(OC)c1O. The summed E-state index contributed by atoms with van der Waals surface area (Å²) >= 11 is 0. The number of phenolic OH excluding ortho intramolecular Hbond substituents is 1. The minimum absolute atomic E-state index is 0.0134. The molecular weight excluding hydrogens is 258 g/mol. The van der Waals surface area contributed by atoms with Gasteiger partial charge in [-0.05, 0) is 45.4 Å². The van der Waals surface area contributed by atoms with Crippen LogP contribution in [0.4, 0.5) is 0 Å². The molecule has 0 radical (unpaired) electrons. The Morgan fingerprint density at radius 1 is 1.05 bits per heavy atom. The number of rotatable bonds is 6. The van der Waals surface area contributed by atoms with Crippen LogP contribution in [-0.2, 0) is 6.54 Å². The van der Waals surface area contributed by atoms with Crippen molar-refractivity contribution in [2.45, 2.75) is 45.4 Å². The first-order valence-corrected chi connectivity index (χ1v) is 6.53. The van der Waals surface area contributed by atoms with E-state index < -0.39 is 11.1 Å². The van der Waals surface area contributed by atoms with Gasteiger partial charge < -0.3 is 25.0 Å². The molecule has 3 N–H and O–H groups in total. The first-order chi connectivity index (χ1) is 9.12. The van der Waals surface area contributed by atoms with Crippen molar-refractivity contribution in [3.63, 3.8) is 0 Å². The summed E-state index contributed by atoms with van der Waals surface area (Å²) < 4.78 is 10.2. The molecule has 0 atom stereocenters. The quantitative estimate of drug-likeness (QED) is 0.745. The van der Waals surface area contributed by atoms with Crippen molar-refractivity contribution in [2.24, 2.45) is 0 Å². The third kappa shape index (κ3) is 3.55. The van der Waals surface area contributed by atoms with Gasteiger partial charge in [-0.1, -0.05) is 0 Å². The zero-order chi connectivity index (χ0) is 15.6. The fourth-order valence-electron chi connectivity index (χ4n) is 1.59. The van der Waals surface area contributed by atoms with E-state index in [1.807, 2.05) is 13.8 Å². The molecule has 5 heteroatoms. The van der Waals surface area contributed by atoms with Gasteiger partial charge in [0.1, 0.15) is 0 Å². The minimum atomic E-state index is -0.863. The maximum atomic E-state index is 10.1. The third-order valence-electron chi connectivity index (χ3n) is 3.80. The maximum absolute atomic E-state index is 10.1. The molecule has 1 rings (SSSR count). The molecule has 0 amide bonds. The summed E-state index contributed by atoms with van der Waals surface area (Å²) in [6, 6.07) is 3.48. The van der Waals surface area contributed by atoms with Gasteiger partial charge in [-0.15, -0.1) is 0 Å². The number of methoxy groups -OCH3 is 2. The zero-order valence-corrected chi connectivity index (χ0v) is 13.1. The normalized spacial score (nSPS) is 12.3. The molecule has 5 nitrogen and oxygen atoms in total. The Morgan fingerprint density at radius 2 is 1.50 bits per heavy atom. The van der Waals surface area contributed by atoms with Crippen LogP contribution in [0.1, 0.15) is 33.3 Å². The molecular formula is C15H25NO4. The Bertz CT molecular complexity index is 438.